The second-order valence-electron chi connectivity index (χ2n) is 4.32. The van der Waals surface area contributed by atoms with Crippen LogP contribution in [0.4, 0.5) is 0 Å². The fraction of sp³-hybridized carbons (Fsp3) is 0.900. The average molecular weight is 218 g/mol. The van der Waals surface area contributed by atoms with E-state index >= 15 is 0 Å². The van der Waals surface area contributed by atoms with Gasteiger partial charge in [0.15, 0.2) is 8.32 Å². The highest BCUT2D eigenvalue weighted by Crippen LogP contribution is 2.17. The first kappa shape index (κ1) is 13.6. The summed E-state index contributed by atoms with van der Waals surface area (Å²) < 4.78 is 5.66. The molecule has 0 saturated heterocycles. The summed E-state index contributed by atoms with van der Waals surface area (Å²) in [6, 6.07) is 1.05. The minimum absolute atomic E-state index is 0.221. The first-order valence-electron chi connectivity index (χ1n) is 5.26. The molecule has 0 spiro atoms. The molecule has 4 heteroatoms. The molecule has 0 bridgehead atoms. The molecule has 0 rings (SSSR count). The molecule has 84 valence electrons. The van der Waals surface area contributed by atoms with Gasteiger partial charge in [0.25, 0.3) is 0 Å². The summed E-state index contributed by atoms with van der Waals surface area (Å²) >= 11 is 0. The van der Waals surface area contributed by atoms with E-state index in [4.69, 9.17) is 9.53 Å². The Balaban J connectivity index is 3.67. The molecule has 0 heterocycles. The number of carboxylic acid groups (broad SMARTS) is 1. The van der Waals surface area contributed by atoms with Gasteiger partial charge in [-0.05, 0) is 32.5 Å². The van der Waals surface area contributed by atoms with E-state index in [2.05, 4.69) is 13.1 Å². The molecule has 0 aromatic rings. The molecule has 14 heavy (non-hydrogen) atoms. The highest BCUT2D eigenvalue weighted by molar-refractivity contribution is 6.71. The maximum Gasteiger partial charge on any atom is 0.306 e. The fourth-order valence-corrected chi connectivity index (χ4v) is 3.40. The van der Waals surface area contributed by atoms with Gasteiger partial charge in [-0.25, -0.2) is 0 Å². The molecule has 0 fully saturated rings. The summed E-state index contributed by atoms with van der Waals surface area (Å²) in [6.07, 6.45) is 1.73. The molecule has 0 radical (unpaired) electrons. The summed E-state index contributed by atoms with van der Waals surface area (Å²) in [7, 11) is -1.50. The lowest BCUT2D eigenvalue weighted by atomic mass is 10.1. The Morgan fingerprint density at radius 3 is 2.50 bits per heavy atom. The van der Waals surface area contributed by atoms with Crippen LogP contribution in [0.25, 0.3) is 0 Å². The van der Waals surface area contributed by atoms with Crippen molar-refractivity contribution in [2.75, 3.05) is 6.61 Å². The second-order valence-corrected chi connectivity index (χ2v) is 8.63. The molecular formula is C10H22O3Si. The van der Waals surface area contributed by atoms with Crippen LogP contribution in [0.2, 0.25) is 19.1 Å². The Labute approximate surface area is 87.6 Å². The van der Waals surface area contributed by atoms with Crippen LogP contribution in [-0.4, -0.2) is 26.0 Å². The van der Waals surface area contributed by atoms with Crippen molar-refractivity contribution in [3.63, 3.8) is 0 Å². The van der Waals surface area contributed by atoms with Gasteiger partial charge in [0.1, 0.15) is 0 Å². The Kier molecular flexibility index (Phi) is 6.03. The van der Waals surface area contributed by atoms with Gasteiger partial charge in [-0.2, -0.15) is 0 Å². The van der Waals surface area contributed by atoms with E-state index < -0.39 is 14.3 Å². The molecular weight excluding hydrogens is 196 g/mol. The minimum atomic E-state index is -1.50. The highest BCUT2D eigenvalue weighted by Gasteiger charge is 2.22. The highest BCUT2D eigenvalue weighted by atomic mass is 28.4. The lowest BCUT2D eigenvalue weighted by molar-refractivity contribution is -0.141. The number of carboxylic acids is 1. The van der Waals surface area contributed by atoms with Crippen molar-refractivity contribution in [2.45, 2.75) is 45.8 Å². The van der Waals surface area contributed by atoms with E-state index in [9.17, 15) is 4.79 Å². The number of hydrogen-bond donors (Lipinski definition) is 1. The van der Waals surface area contributed by atoms with Crippen LogP contribution < -0.4 is 0 Å². The Morgan fingerprint density at radius 2 is 2.07 bits per heavy atom. The van der Waals surface area contributed by atoms with E-state index in [0.29, 0.717) is 0 Å². The van der Waals surface area contributed by atoms with E-state index in [-0.39, 0.29) is 5.92 Å². The smallest absolute Gasteiger partial charge is 0.306 e. The molecule has 0 aromatic heterocycles. The molecule has 0 aliphatic carbocycles. The van der Waals surface area contributed by atoms with Crippen molar-refractivity contribution in [2.24, 2.45) is 5.92 Å². The van der Waals surface area contributed by atoms with E-state index in [0.717, 1.165) is 25.5 Å². The monoisotopic (exact) mass is 218 g/mol. The lowest BCUT2D eigenvalue weighted by Gasteiger charge is -2.22. The first-order valence-corrected chi connectivity index (χ1v) is 8.37. The van der Waals surface area contributed by atoms with Gasteiger partial charge in [0.2, 0.25) is 0 Å². The number of rotatable bonds is 7. The van der Waals surface area contributed by atoms with Gasteiger partial charge in [-0.3, -0.25) is 4.79 Å². The molecule has 0 aromatic carbocycles. The summed E-state index contributed by atoms with van der Waals surface area (Å²) in [5.74, 6) is -0.915. The van der Waals surface area contributed by atoms with Crippen molar-refractivity contribution in [3.8, 4) is 0 Å². The van der Waals surface area contributed by atoms with Crippen LogP contribution >= 0.6 is 0 Å². The topological polar surface area (TPSA) is 46.5 Å². The predicted molar refractivity (Wildman–Crippen MR) is 59.9 cm³/mol. The van der Waals surface area contributed by atoms with Crippen LogP contribution in [-0.2, 0) is 9.22 Å². The van der Waals surface area contributed by atoms with E-state index in [1.165, 1.54) is 0 Å². The maximum absolute atomic E-state index is 10.6. The summed E-state index contributed by atoms with van der Waals surface area (Å²) in [4.78, 5) is 10.6. The number of hydrogen-bond acceptors (Lipinski definition) is 2. The molecule has 1 atom stereocenters. The average Bonchev–Trinajstić information content (AvgIpc) is 2.03. The molecule has 0 saturated carbocycles. The normalized spacial score (nSPS) is 14.0. The van der Waals surface area contributed by atoms with Crippen LogP contribution in [0.1, 0.15) is 26.7 Å². The number of carbonyl (C=O) groups is 1. The summed E-state index contributed by atoms with van der Waals surface area (Å²) in [6.45, 7) is 8.91. The predicted octanol–water partition coefficient (Wildman–Crippen LogP) is 2.73. The third-order valence-electron chi connectivity index (χ3n) is 2.37. The zero-order valence-electron chi connectivity index (χ0n) is 9.67. The quantitative estimate of drug-likeness (QED) is 0.668. The standard InChI is InChI=1S/C10H22O3Si/c1-5-13-14(3,4)8-6-7-9(2)10(11)12/h9H,5-8H2,1-4H3,(H,11,12). The van der Waals surface area contributed by atoms with Gasteiger partial charge < -0.3 is 9.53 Å². The van der Waals surface area contributed by atoms with Crippen molar-refractivity contribution < 1.29 is 14.3 Å². The minimum Gasteiger partial charge on any atom is -0.481 e. The van der Waals surface area contributed by atoms with E-state index in [1.807, 2.05) is 6.92 Å². The van der Waals surface area contributed by atoms with Crippen molar-refractivity contribution in [3.05, 3.63) is 0 Å². The molecule has 0 aliphatic rings. The summed E-state index contributed by atoms with van der Waals surface area (Å²) in [5.41, 5.74) is 0. The maximum atomic E-state index is 10.6. The van der Waals surface area contributed by atoms with Gasteiger partial charge in [0, 0.05) is 6.61 Å². The van der Waals surface area contributed by atoms with Crippen LogP contribution in [0.5, 0.6) is 0 Å². The van der Waals surface area contributed by atoms with Crippen LogP contribution in [0.3, 0.4) is 0 Å². The van der Waals surface area contributed by atoms with Crippen molar-refractivity contribution >= 4 is 14.3 Å². The Morgan fingerprint density at radius 1 is 1.50 bits per heavy atom. The lowest BCUT2D eigenvalue weighted by Crippen LogP contribution is -2.30. The molecule has 0 amide bonds. The zero-order chi connectivity index (χ0) is 11.2. The Hall–Kier alpha value is -0.353. The first-order chi connectivity index (χ1) is 6.39. The fourth-order valence-electron chi connectivity index (χ4n) is 1.42. The van der Waals surface area contributed by atoms with Gasteiger partial charge in [-0.1, -0.05) is 13.3 Å². The van der Waals surface area contributed by atoms with Gasteiger partial charge in [-0.15, -0.1) is 0 Å². The van der Waals surface area contributed by atoms with Gasteiger partial charge >= 0.3 is 5.97 Å². The van der Waals surface area contributed by atoms with E-state index in [1.54, 1.807) is 6.92 Å². The largest absolute Gasteiger partial charge is 0.481 e. The molecule has 0 aliphatic heterocycles. The zero-order valence-corrected chi connectivity index (χ0v) is 10.7. The van der Waals surface area contributed by atoms with Crippen molar-refractivity contribution in [1.82, 2.24) is 0 Å². The van der Waals surface area contributed by atoms with Gasteiger partial charge in [0.05, 0.1) is 5.92 Å². The number of aliphatic carboxylic acids is 1. The third kappa shape index (κ3) is 6.15. The second kappa shape index (κ2) is 6.19. The van der Waals surface area contributed by atoms with Crippen LogP contribution in [0.15, 0.2) is 0 Å². The third-order valence-corrected chi connectivity index (χ3v) is 5.00. The summed E-state index contributed by atoms with van der Waals surface area (Å²) in [5, 5.41) is 8.69. The van der Waals surface area contributed by atoms with Crippen LogP contribution in [0, 0.1) is 5.92 Å². The van der Waals surface area contributed by atoms with Crippen molar-refractivity contribution in [1.29, 1.82) is 0 Å². The SMILES string of the molecule is CCO[Si](C)(C)CCCC(C)C(=O)O. The molecule has 1 N–H and O–H groups in total. The molecule has 3 nitrogen and oxygen atoms in total. The molecule has 1 unspecified atom stereocenters. The Bertz CT molecular complexity index is 180.